The van der Waals surface area contributed by atoms with Crippen molar-refractivity contribution >= 4 is 58.8 Å². The van der Waals surface area contributed by atoms with E-state index in [1.54, 1.807) is 42.5 Å². The molecule has 6 N–H and O–H groups in total. The highest BCUT2D eigenvalue weighted by Crippen LogP contribution is 2.16. The molecule has 0 spiro atoms. The van der Waals surface area contributed by atoms with Crippen molar-refractivity contribution in [3.8, 4) is 0 Å². The molecule has 0 amide bonds. The molecule has 0 radical (unpaired) electrons. The zero-order valence-electron chi connectivity index (χ0n) is 22.8. The van der Waals surface area contributed by atoms with E-state index in [1.807, 2.05) is 74.5 Å². The molecular formula is C31H34ClN3O4S2. The Morgan fingerprint density at radius 1 is 0.585 bits per heavy atom. The summed E-state index contributed by atoms with van der Waals surface area (Å²) < 4.78 is 45.2. The molecule has 0 heterocycles. The van der Waals surface area contributed by atoms with Gasteiger partial charge in [0.1, 0.15) is 0 Å². The third-order valence-electron chi connectivity index (χ3n) is 5.45. The van der Waals surface area contributed by atoms with Gasteiger partial charge in [0, 0.05) is 27.2 Å². The van der Waals surface area contributed by atoms with Crippen LogP contribution in [0.5, 0.6) is 0 Å². The number of halogens is 1. The second kappa shape index (κ2) is 15.7. The lowest BCUT2D eigenvalue weighted by atomic mass is 10.2. The van der Waals surface area contributed by atoms with E-state index in [-0.39, 0.29) is 5.75 Å². The molecule has 10 heteroatoms. The summed E-state index contributed by atoms with van der Waals surface area (Å²) in [4.78, 5) is 0. The van der Waals surface area contributed by atoms with Gasteiger partial charge in [-0.3, -0.25) is 0 Å². The number of sulfone groups is 1. The van der Waals surface area contributed by atoms with Gasteiger partial charge in [0.05, 0.1) is 17.1 Å². The zero-order valence-corrected chi connectivity index (χ0v) is 25.2. The summed E-state index contributed by atoms with van der Waals surface area (Å²) in [6.07, 6.45) is 3.07. The van der Waals surface area contributed by atoms with Crippen LogP contribution >= 0.6 is 10.7 Å². The van der Waals surface area contributed by atoms with Crippen molar-refractivity contribution in [2.45, 2.75) is 19.6 Å². The Kier molecular flexibility index (Phi) is 12.7. The normalized spacial score (nSPS) is 11.4. The van der Waals surface area contributed by atoms with Crippen molar-refractivity contribution in [3.05, 3.63) is 136 Å². The lowest BCUT2D eigenvalue weighted by Gasteiger charge is -2.03. The van der Waals surface area contributed by atoms with Gasteiger partial charge < -0.3 is 17.2 Å². The first-order valence-corrected chi connectivity index (χ1v) is 16.4. The van der Waals surface area contributed by atoms with Crippen LogP contribution in [0, 0.1) is 13.8 Å². The lowest BCUT2D eigenvalue weighted by molar-refractivity contribution is 0.604. The highest BCUT2D eigenvalue weighted by atomic mass is 35.7. The highest BCUT2D eigenvalue weighted by Gasteiger charge is 2.09. The quantitative estimate of drug-likeness (QED) is 0.165. The molecule has 0 saturated carbocycles. The molecule has 4 rings (SSSR count). The molecule has 0 saturated heterocycles. The van der Waals surface area contributed by atoms with Crippen molar-refractivity contribution in [1.29, 1.82) is 0 Å². The van der Waals surface area contributed by atoms with Crippen molar-refractivity contribution in [3.63, 3.8) is 0 Å². The predicted molar refractivity (Wildman–Crippen MR) is 174 cm³/mol. The molecule has 4 aromatic rings. The van der Waals surface area contributed by atoms with E-state index in [1.165, 1.54) is 11.5 Å². The standard InChI is InChI=1S/C16H17NO2S.C9H9ClO2S.C6H8N2/c1-13-6-8-14(9-7-13)10-11-20(18,19)12-15-4-2-3-5-16(15)17;1-8-2-4-9(5-3-8)6-7-13(10,11)12;7-5-3-1-2-4-6(5)8/h2-11H,12,17H2,1H3;2-7H,1H3;1-4H,7-8H2/b11-10+;7-6+;. The maximum absolute atomic E-state index is 12.1. The molecule has 41 heavy (non-hydrogen) atoms. The SMILES string of the molecule is Cc1ccc(/C=C/S(=O)(=O)Cc2ccccc2N)cc1.Cc1ccc(/C=C/S(=O)(=O)Cl)cc1.Nc1ccccc1N. The van der Waals surface area contributed by atoms with Crippen LogP contribution in [0.4, 0.5) is 17.1 Å². The molecule has 0 aliphatic carbocycles. The number of aryl methyl sites for hydroxylation is 2. The van der Waals surface area contributed by atoms with Crippen LogP contribution in [0.25, 0.3) is 12.2 Å². The van der Waals surface area contributed by atoms with Crippen LogP contribution in [-0.4, -0.2) is 16.8 Å². The van der Waals surface area contributed by atoms with Gasteiger partial charge in [0.25, 0.3) is 9.05 Å². The number of nitrogens with two attached hydrogens (primary N) is 3. The van der Waals surface area contributed by atoms with Gasteiger partial charge in [-0.2, -0.15) is 0 Å². The average Bonchev–Trinajstić information content (AvgIpc) is 2.91. The summed E-state index contributed by atoms with van der Waals surface area (Å²) in [6.45, 7) is 3.95. The molecule has 0 aliphatic heterocycles. The Morgan fingerprint density at radius 3 is 1.37 bits per heavy atom. The number of rotatable bonds is 6. The molecular weight excluding hydrogens is 578 g/mol. The van der Waals surface area contributed by atoms with Gasteiger partial charge >= 0.3 is 0 Å². The minimum Gasteiger partial charge on any atom is -0.398 e. The Labute approximate surface area is 247 Å². The Hall–Kier alpha value is -4.05. The maximum atomic E-state index is 12.1. The molecule has 216 valence electrons. The van der Waals surface area contributed by atoms with E-state index in [9.17, 15) is 16.8 Å². The van der Waals surface area contributed by atoms with Crippen LogP contribution in [0.15, 0.2) is 108 Å². The first-order valence-electron chi connectivity index (χ1n) is 12.3. The van der Waals surface area contributed by atoms with E-state index in [0.717, 1.165) is 27.7 Å². The van der Waals surface area contributed by atoms with E-state index in [4.69, 9.17) is 27.9 Å². The number of benzene rings is 4. The fourth-order valence-electron chi connectivity index (χ4n) is 3.14. The first kappa shape index (κ1) is 33.2. The molecule has 4 aromatic carbocycles. The molecule has 0 unspecified atom stereocenters. The van der Waals surface area contributed by atoms with Gasteiger partial charge in [0.2, 0.25) is 0 Å². The zero-order chi connectivity index (χ0) is 30.5. The predicted octanol–water partition coefficient (Wildman–Crippen LogP) is 6.55. The van der Waals surface area contributed by atoms with Crippen LogP contribution in [0.1, 0.15) is 27.8 Å². The second-order valence-electron chi connectivity index (χ2n) is 9.04. The summed E-state index contributed by atoms with van der Waals surface area (Å²) in [7, 11) is -1.87. The summed E-state index contributed by atoms with van der Waals surface area (Å²) in [6, 6.07) is 29.4. The van der Waals surface area contributed by atoms with Crippen molar-refractivity contribution in [1.82, 2.24) is 0 Å². The Balaban J connectivity index is 0.000000239. The Morgan fingerprint density at radius 2 is 0.976 bits per heavy atom. The summed E-state index contributed by atoms with van der Waals surface area (Å²) >= 11 is 0. The molecule has 0 fully saturated rings. The monoisotopic (exact) mass is 611 g/mol. The summed E-state index contributed by atoms with van der Waals surface area (Å²) in [5, 5.41) is 2.21. The van der Waals surface area contributed by atoms with Gasteiger partial charge in [-0.15, -0.1) is 0 Å². The molecule has 0 bridgehead atoms. The molecule has 0 aliphatic rings. The van der Waals surface area contributed by atoms with Crippen LogP contribution in [0.2, 0.25) is 0 Å². The smallest absolute Gasteiger partial charge is 0.254 e. The topological polar surface area (TPSA) is 146 Å². The van der Waals surface area contributed by atoms with Crippen molar-refractivity contribution < 1.29 is 16.8 Å². The number of hydrogen-bond donors (Lipinski definition) is 3. The Bertz CT molecular complexity index is 1660. The van der Waals surface area contributed by atoms with E-state index < -0.39 is 18.9 Å². The molecule has 0 aromatic heterocycles. The average molecular weight is 612 g/mol. The number of hydrogen-bond acceptors (Lipinski definition) is 7. The fraction of sp³-hybridized carbons (Fsp3) is 0.0968. The van der Waals surface area contributed by atoms with E-state index in [0.29, 0.717) is 22.6 Å². The molecule has 0 atom stereocenters. The maximum Gasteiger partial charge on any atom is 0.254 e. The minimum atomic E-state index is -3.54. The number of nitrogen functional groups attached to an aromatic ring is 3. The van der Waals surface area contributed by atoms with Gasteiger partial charge in [-0.05, 0) is 60.9 Å². The summed E-state index contributed by atoms with van der Waals surface area (Å²) in [5.74, 6) is -0.0813. The minimum absolute atomic E-state index is 0.0813. The first-order chi connectivity index (χ1) is 19.2. The second-order valence-corrected chi connectivity index (χ2v) is 13.4. The van der Waals surface area contributed by atoms with Gasteiger partial charge in [0.15, 0.2) is 9.84 Å². The number of para-hydroxylation sites is 3. The third-order valence-corrected chi connectivity index (χ3v) is 7.49. The van der Waals surface area contributed by atoms with Crippen molar-refractivity contribution in [2.75, 3.05) is 17.2 Å². The van der Waals surface area contributed by atoms with Crippen LogP contribution in [0.3, 0.4) is 0 Å². The van der Waals surface area contributed by atoms with E-state index in [2.05, 4.69) is 0 Å². The molecule has 7 nitrogen and oxygen atoms in total. The van der Waals surface area contributed by atoms with Crippen LogP contribution < -0.4 is 17.2 Å². The lowest BCUT2D eigenvalue weighted by Crippen LogP contribution is -2.03. The largest absolute Gasteiger partial charge is 0.398 e. The third kappa shape index (κ3) is 13.7. The van der Waals surface area contributed by atoms with Crippen molar-refractivity contribution in [2.24, 2.45) is 0 Å². The fourth-order valence-corrected chi connectivity index (χ4v) is 4.77. The van der Waals surface area contributed by atoms with Crippen LogP contribution in [-0.2, 0) is 24.6 Å². The summed E-state index contributed by atoms with van der Waals surface area (Å²) in [5.41, 5.74) is 22.9. The highest BCUT2D eigenvalue weighted by molar-refractivity contribution is 8.16. The van der Waals surface area contributed by atoms with Gasteiger partial charge in [-0.25, -0.2) is 16.8 Å². The number of anilines is 3. The van der Waals surface area contributed by atoms with E-state index >= 15 is 0 Å². The van der Waals surface area contributed by atoms with Gasteiger partial charge in [-0.1, -0.05) is 90.0 Å².